The Morgan fingerprint density at radius 3 is 2.39 bits per heavy atom. The van der Waals surface area contributed by atoms with Crippen molar-refractivity contribution in [1.82, 2.24) is 14.8 Å². The van der Waals surface area contributed by atoms with Gasteiger partial charge in [0.15, 0.2) is 5.16 Å². The topological polar surface area (TPSA) is 73.8 Å². The molecule has 8 heteroatoms. The van der Waals surface area contributed by atoms with Gasteiger partial charge in [0.25, 0.3) is 0 Å². The standard InChI is InChI=1S/C20H22N4O2S2/c1-13-5-8-17(11-14(13)2)24-15(3)21-22-20(24)28-19(12-23(25)26)16-6-9-18(27-4)10-7-16/h5-11,19H,12H2,1-4H3/t19-/m0/s1. The number of benzene rings is 2. The van der Waals surface area contributed by atoms with E-state index in [1.165, 1.54) is 22.9 Å². The lowest BCUT2D eigenvalue weighted by Crippen LogP contribution is -2.11. The van der Waals surface area contributed by atoms with E-state index in [9.17, 15) is 10.1 Å². The highest BCUT2D eigenvalue weighted by atomic mass is 32.2. The van der Waals surface area contributed by atoms with Crippen LogP contribution in [-0.2, 0) is 0 Å². The zero-order valence-electron chi connectivity index (χ0n) is 16.2. The predicted octanol–water partition coefficient (Wildman–Crippen LogP) is 5.02. The van der Waals surface area contributed by atoms with Crippen LogP contribution in [0.2, 0.25) is 0 Å². The third-order valence-corrected chi connectivity index (χ3v) is 6.52. The molecule has 0 bridgehead atoms. The Hall–Kier alpha value is -2.32. The first-order chi connectivity index (χ1) is 13.4. The van der Waals surface area contributed by atoms with Crippen molar-refractivity contribution in [3.05, 3.63) is 75.1 Å². The molecule has 0 radical (unpaired) electrons. The van der Waals surface area contributed by atoms with Crippen LogP contribution in [0.25, 0.3) is 5.69 Å². The van der Waals surface area contributed by atoms with Crippen LogP contribution in [0.5, 0.6) is 0 Å². The molecule has 3 rings (SSSR count). The van der Waals surface area contributed by atoms with Crippen molar-refractivity contribution in [2.75, 3.05) is 12.8 Å². The van der Waals surface area contributed by atoms with Crippen LogP contribution in [0.1, 0.15) is 27.8 Å². The summed E-state index contributed by atoms with van der Waals surface area (Å²) in [6, 6.07) is 14.1. The predicted molar refractivity (Wildman–Crippen MR) is 114 cm³/mol. The van der Waals surface area contributed by atoms with Gasteiger partial charge in [-0.2, -0.15) is 0 Å². The first-order valence-electron chi connectivity index (χ1n) is 8.81. The largest absolute Gasteiger partial charge is 0.274 e. The van der Waals surface area contributed by atoms with Gasteiger partial charge in [0.1, 0.15) is 11.1 Å². The van der Waals surface area contributed by atoms with Crippen molar-refractivity contribution in [1.29, 1.82) is 0 Å². The van der Waals surface area contributed by atoms with Gasteiger partial charge in [-0.1, -0.05) is 30.0 Å². The Morgan fingerprint density at radius 1 is 1.07 bits per heavy atom. The second-order valence-electron chi connectivity index (χ2n) is 6.53. The van der Waals surface area contributed by atoms with Gasteiger partial charge >= 0.3 is 0 Å². The fraction of sp³-hybridized carbons (Fsp3) is 0.300. The first kappa shape index (κ1) is 20.4. The minimum absolute atomic E-state index is 0.178. The van der Waals surface area contributed by atoms with Crippen LogP contribution in [0.4, 0.5) is 0 Å². The average Bonchev–Trinajstić information content (AvgIpc) is 3.03. The molecule has 0 saturated carbocycles. The van der Waals surface area contributed by atoms with E-state index in [2.05, 4.69) is 36.2 Å². The summed E-state index contributed by atoms with van der Waals surface area (Å²) in [6.45, 7) is 5.84. The number of aromatic nitrogens is 3. The van der Waals surface area contributed by atoms with Crippen LogP contribution < -0.4 is 0 Å². The van der Waals surface area contributed by atoms with Crippen LogP contribution in [0.3, 0.4) is 0 Å². The highest BCUT2D eigenvalue weighted by Crippen LogP contribution is 2.36. The molecule has 146 valence electrons. The van der Waals surface area contributed by atoms with Crippen molar-refractivity contribution < 1.29 is 4.92 Å². The summed E-state index contributed by atoms with van der Waals surface area (Å²) in [5.41, 5.74) is 4.26. The number of aryl methyl sites for hydroxylation is 3. The lowest BCUT2D eigenvalue weighted by molar-refractivity contribution is -0.479. The van der Waals surface area contributed by atoms with E-state index in [-0.39, 0.29) is 16.7 Å². The summed E-state index contributed by atoms with van der Waals surface area (Å²) in [4.78, 5) is 12.1. The van der Waals surface area contributed by atoms with E-state index in [4.69, 9.17) is 0 Å². The maximum Gasteiger partial charge on any atom is 0.220 e. The van der Waals surface area contributed by atoms with Gasteiger partial charge in [-0.3, -0.25) is 14.7 Å². The van der Waals surface area contributed by atoms with Crippen LogP contribution in [0, 0.1) is 30.9 Å². The monoisotopic (exact) mass is 414 g/mol. The Morgan fingerprint density at radius 2 is 1.79 bits per heavy atom. The number of nitro groups is 1. The number of hydrogen-bond acceptors (Lipinski definition) is 6. The molecule has 2 aromatic carbocycles. The third kappa shape index (κ3) is 4.56. The maximum atomic E-state index is 11.3. The van der Waals surface area contributed by atoms with Crippen LogP contribution >= 0.6 is 23.5 Å². The molecule has 3 aromatic rings. The van der Waals surface area contributed by atoms with Gasteiger partial charge in [0.05, 0.1) is 0 Å². The number of rotatable bonds is 7. The van der Waals surface area contributed by atoms with E-state index < -0.39 is 0 Å². The van der Waals surface area contributed by atoms with E-state index in [1.807, 2.05) is 48.1 Å². The van der Waals surface area contributed by atoms with Gasteiger partial charge in [-0.15, -0.1) is 22.0 Å². The molecular weight excluding hydrogens is 392 g/mol. The molecule has 1 atom stereocenters. The van der Waals surface area contributed by atoms with Crippen LogP contribution in [-0.4, -0.2) is 32.5 Å². The molecule has 6 nitrogen and oxygen atoms in total. The van der Waals surface area contributed by atoms with Gasteiger partial charge in [0.2, 0.25) is 6.54 Å². The van der Waals surface area contributed by atoms with Gasteiger partial charge in [-0.05, 0) is 68.0 Å². The van der Waals surface area contributed by atoms with Crippen molar-refractivity contribution in [2.45, 2.75) is 36.1 Å². The van der Waals surface area contributed by atoms with Crippen molar-refractivity contribution >= 4 is 23.5 Å². The molecule has 0 aliphatic carbocycles. The fourth-order valence-electron chi connectivity index (χ4n) is 2.87. The van der Waals surface area contributed by atoms with E-state index in [1.54, 1.807) is 11.8 Å². The summed E-state index contributed by atoms with van der Waals surface area (Å²) in [5.74, 6) is 0.753. The zero-order valence-corrected chi connectivity index (χ0v) is 17.9. The molecular formula is C20H22N4O2S2. The summed E-state index contributed by atoms with van der Waals surface area (Å²) >= 11 is 3.02. The van der Waals surface area contributed by atoms with Crippen molar-refractivity contribution in [3.8, 4) is 5.69 Å². The zero-order chi connectivity index (χ0) is 20.3. The highest BCUT2D eigenvalue weighted by Gasteiger charge is 2.23. The molecule has 0 aliphatic heterocycles. The fourth-order valence-corrected chi connectivity index (χ4v) is 4.46. The van der Waals surface area contributed by atoms with Crippen LogP contribution in [0.15, 0.2) is 52.5 Å². The second-order valence-corrected chi connectivity index (χ2v) is 8.58. The Bertz CT molecular complexity index is 986. The van der Waals surface area contributed by atoms with E-state index in [0.717, 1.165) is 22.0 Å². The first-order valence-corrected chi connectivity index (χ1v) is 10.9. The summed E-state index contributed by atoms with van der Waals surface area (Å²) in [6.07, 6.45) is 2.01. The normalized spacial score (nSPS) is 12.1. The lowest BCUT2D eigenvalue weighted by atomic mass is 10.1. The number of thioether (sulfide) groups is 2. The summed E-state index contributed by atoms with van der Waals surface area (Å²) in [7, 11) is 0. The van der Waals surface area contributed by atoms with Gasteiger partial charge in [0, 0.05) is 15.5 Å². The van der Waals surface area contributed by atoms with Gasteiger partial charge < -0.3 is 0 Å². The quantitative estimate of drug-likeness (QED) is 0.307. The third-order valence-electron chi connectivity index (χ3n) is 4.59. The molecule has 0 aliphatic rings. The second kappa shape index (κ2) is 8.79. The Labute approximate surface area is 172 Å². The molecule has 1 aromatic heterocycles. The summed E-state index contributed by atoms with van der Waals surface area (Å²) < 4.78 is 1.96. The minimum atomic E-state index is -0.347. The molecule has 0 spiro atoms. The minimum Gasteiger partial charge on any atom is -0.274 e. The average molecular weight is 415 g/mol. The molecule has 0 amide bonds. The van der Waals surface area contributed by atoms with E-state index >= 15 is 0 Å². The Kier molecular flexibility index (Phi) is 6.41. The summed E-state index contributed by atoms with van der Waals surface area (Å²) in [5, 5.41) is 20.1. The highest BCUT2D eigenvalue weighted by molar-refractivity contribution is 7.99. The van der Waals surface area contributed by atoms with Gasteiger partial charge in [-0.25, -0.2) is 0 Å². The van der Waals surface area contributed by atoms with Crippen molar-refractivity contribution in [3.63, 3.8) is 0 Å². The lowest BCUT2D eigenvalue weighted by Gasteiger charge is -2.15. The van der Waals surface area contributed by atoms with Crippen molar-refractivity contribution in [2.24, 2.45) is 0 Å². The number of nitrogens with zero attached hydrogens (tertiary/aromatic N) is 4. The molecule has 1 heterocycles. The SMILES string of the molecule is CSc1ccc([C@H](C[N+](=O)[O-])Sc2nnc(C)n2-c2ccc(C)c(C)c2)cc1. The smallest absolute Gasteiger partial charge is 0.220 e. The molecule has 0 unspecified atom stereocenters. The number of hydrogen-bond donors (Lipinski definition) is 0. The molecule has 28 heavy (non-hydrogen) atoms. The Balaban J connectivity index is 1.97. The van der Waals surface area contributed by atoms with E-state index in [0.29, 0.717) is 5.16 Å². The molecule has 0 N–H and O–H groups in total. The molecule has 0 fully saturated rings. The molecule has 0 saturated heterocycles. The maximum absolute atomic E-state index is 11.3.